The van der Waals surface area contributed by atoms with Crippen LogP contribution in [0, 0.1) is 0 Å². The first-order chi connectivity index (χ1) is 8.56. The number of benzene rings is 1. The first kappa shape index (κ1) is 12.9. The van der Waals surface area contributed by atoms with Crippen molar-refractivity contribution in [3.05, 3.63) is 29.8 Å². The largest absolute Gasteiger partial charge is 0.326 e. The summed E-state index contributed by atoms with van der Waals surface area (Å²) in [7, 11) is -3.73. The zero-order chi connectivity index (χ0) is 13.2. The molecule has 0 spiro atoms. The van der Waals surface area contributed by atoms with E-state index in [0.717, 1.165) is 17.1 Å². The Kier molecular flexibility index (Phi) is 3.56. The van der Waals surface area contributed by atoms with Gasteiger partial charge in [-0.2, -0.15) is 8.42 Å². The van der Waals surface area contributed by atoms with Gasteiger partial charge in [-0.25, -0.2) is 4.31 Å². The molecule has 0 unspecified atom stereocenters. The van der Waals surface area contributed by atoms with Crippen molar-refractivity contribution < 1.29 is 13.2 Å². The molecule has 0 atom stereocenters. The van der Waals surface area contributed by atoms with Crippen molar-refractivity contribution in [2.24, 2.45) is 0 Å². The Labute approximate surface area is 107 Å². The summed E-state index contributed by atoms with van der Waals surface area (Å²) in [4.78, 5) is 12.1. The topological polar surface area (TPSA) is 66.5 Å². The monoisotopic (exact) mass is 268 g/mol. The summed E-state index contributed by atoms with van der Waals surface area (Å²) in [5.41, 5.74) is 0.762. The highest BCUT2D eigenvalue weighted by atomic mass is 32.2. The normalized spacial score (nSPS) is 17.2. The van der Waals surface area contributed by atoms with Gasteiger partial charge in [0.25, 0.3) is 5.91 Å². The van der Waals surface area contributed by atoms with Crippen molar-refractivity contribution >= 4 is 21.8 Å². The van der Waals surface area contributed by atoms with Crippen molar-refractivity contribution in [1.29, 1.82) is 0 Å². The SMILES string of the molecule is CCCCCN1C(=O)c2ccccc2NS1(=O)=O. The van der Waals surface area contributed by atoms with Gasteiger partial charge in [0.1, 0.15) is 0 Å². The summed E-state index contributed by atoms with van der Waals surface area (Å²) >= 11 is 0. The van der Waals surface area contributed by atoms with Crippen molar-refractivity contribution in [2.75, 3.05) is 11.3 Å². The maximum absolute atomic E-state index is 12.1. The standard InChI is InChI=1S/C12H16N2O3S/c1-2-3-6-9-14-12(15)10-7-4-5-8-11(10)13-18(14,16)17/h4-5,7-8,13H,2-3,6,9H2,1H3. The third-order valence-electron chi connectivity index (χ3n) is 2.88. The molecule has 2 rings (SSSR count). The van der Waals surface area contributed by atoms with Crippen LogP contribution in [0.25, 0.3) is 0 Å². The van der Waals surface area contributed by atoms with Gasteiger partial charge in [0, 0.05) is 6.54 Å². The number of rotatable bonds is 4. The number of para-hydroxylation sites is 1. The van der Waals surface area contributed by atoms with Crippen molar-refractivity contribution in [1.82, 2.24) is 4.31 Å². The minimum Gasteiger partial charge on any atom is -0.268 e. The molecule has 0 aromatic heterocycles. The Morgan fingerprint density at radius 2 is 1.94 bits per heavy atom. The summed E-state index contributed by atoms with van der Waals surface area (Å²) in [5, 5.41) is 0. The van der Waals surface area contributed by atoms with Crippen LogP contribution < -0.4 is 4.72 Å². The van der Waals surface area contributed by atoms with Gasteiger partial charge >= 0.3 is 10.2 Å². The maximum Gasteiger partial charge on any atom is 0.326 e. The smallest absolute Gasteiger partial charge is 0.268 e. The van der Waals surface area contributed by atoms with Gasteiger partial charge < -0.3 is 0 Å². The molecule has 0 aliphatic carbocycles. The summed E-state index contributed by atoms with van der Waals surface area (Å²) in [6.45, 7) is 2.26. The molecule has 18 heavy (non-hydrogen) atoms. The Hall–Kier alpha value is -1.56. The number of hydrogen-bond donors (Lipinski definition) is 1. The van der Waals surface area contributed by atoms with Crippen LogP contribution in [0.4, 0.5) is 5.69 Å². The van der Waals surface area contributed by atoms with Gasteiger partial charge in [0.2, 0.25) is 0 Å². The lowest BCUT2D eigenvalue weighted by molar-refractivity contribution is 0.0858. The zero-order valence-electron chi connectivity index (χ0n) is 10.2. The fourth-order valence-corrected chi connectivity index (χ4v) is 3.18. The molecule has 1 aromatic carbocycles. The van der Waals surface area contributed by atoms with Crippen LogP contribution in [0.2, 0.25) is 0 Å². The van der Waals surface area contributed by atoms with E-state index in [2.05, 4.69) is 4.72 Å². The van der Waals surface area contributed by atoms with Crippen LogP contribution in [-0.2, 0) is 10.2 Å². The molecule has 98 valence electrons. The number of carbonyl (C=O) groups excluding carboxylic acids is 1. The highest BCUT2D eigenvalue weighted by Crippen LogP contribution is 2.26. The van der Waals surface area contributed by atoms with E-state index in [0.29, 0.717) is 17.7 Å². The van der Waals surface area contributed by atoms with Gasteiger partial charge in [0.15, 0.2) is 0 Å². The molecular weight excluding hydrogens is 252 g/mol. The van der Waals surface area contributed by atoms with E-state index in [4.69, 9.17) is 0 Å². The third kappa shape index (κ3) is 2.33. The maximum atomic E-state index is 12.1. The molecule has 0 fully saturated rings. The second-order valence-corrected chi connectivity index (χ2v) is 5.83. The molecule has 1 aliphatic heterocycles. The molecule has 1 amide bonds. The van der Waals surface area contributed by atoms with Gasteiger partial charge in [-0.3, -0.25) is 9.52 Å². The van der Waals surface area contributed by atoms with E-state index in [1.54, 1.807) is 24.3 Å². The van der Waals surface area contributed by atoms with E-state index < -0.39 is 16.1 Å². The van der Waals surface area contributed by atoms with E-state index in [1.807, 2.05) is 6.92 Å². The first-order valence-electron chi connectivity index (χ1n) is 6.00. The predicted octanol–water partition coefficient (Wildman–Crippen LogP) is 1.99. The van der Waals surface area contributed by atoms with Crippen molar-refractivity contribution in [2.45, 2.75) is 26.2 Å². The van der Waals surface area contributed by atoms with Crippen molar-refractivity contribution in [3.8, 4) is 0 Å². The Balaban J connectivity index is 2.29. The van der Waals surface area contributed by atoms with Crippen LogP contribution >= 0.6 is 0 Å². The second-order valence-electron chi connectivity index (χ2n) is 4.24. The molecule has 5 nitrogen and oxygen atoms in total. The van der Waals surface area contributed by atoms with E-state index in [1.165, 1.54) is 0 Å². The lowest BCUT2D eigenvalue weighted by atomic mass is 10.1. The molecule has 0 saturated carbocycles. The fraction of sp³-hybridized carbons (Fsp3) is 0.417. The first-order valence-corrected chi connectivity index (χ1v) is 7.44. The molecule has 1 N–H and O–H groups in total. The third-order valence-corrected chi connectivity index (χ3v) is 4.28. The quantitative estimate of drug-likeness (QED) is 0.849. The summed E-state index contributed by atoms with van der Waals surface area (Å²) < 4.78 is 27.2. The van der Waals surface area contributed by atoms with E-state index in [-0.39, 0.29) is 6.54 Å². The highest BCUT2D eigenvalue weighted by molar-refractivity contribution is 7.91. The molecule has 1 aromatic rings. The van der Waals surface area contributed by atoms with Gasteiger partial charge in [0.05, 0.1) is 11.3 Å². The molecule has 1 heterocycles. The molecule has 0 saturated heterocycles. The average Bonchev–Trinajstić information content (AvgIpc) is 2.33. The van der Waals surface area contributed by atoms with Crippen molar-refractivity contribution in [3.63, 3.8) is 0 Å². The summed E-state index contributed by atoms with van der Waals surface area (Å²) in [6, 6.07) is 6.64. The minimum absolute atomic E-state index is 0.232. The van der Waals surface area contributed by atoms with Crippen LogP contribution in [0.15, 0.2) is 24.3 Å². The number of unbranched alkanes of at least 4 members (excludes halogenated alkanes) is 2. The van der Waals surface area contributed by atoms with E-state index in [9.17, 15) is 13.2 Å². The van der Waals surface area contributed by atoms with Crippen LogP contribution in [0.3, 0.4) is 0 Å². The number of nitrogens with one attached hydrogen (secondary N) is 1. The van der Waals surface area contributed by atoms with Gasteiger partial charge in [-0.05, 0) is 18.6 Å². The highest BCUT2D eigenvalue weighted by Gasteiger charge is 2.34. The number of fused-ring (bicyclic) bond motifs is 1. The number of amides is 1. The Morgan fingerprint density at radius 1 is 1.22 bits per heavy atom. The number of carbonyl (C=O) groups is 1. The number of anilines is 1. The Bertz CT molecular complexity index is 554. The Morgan fingerprint density at radius 3 is 2.67 bits per heavy atom. The van der Waals surface area contributed by atoms with Gasteiger partial charge in [-0.1, -0.05) is 31.9 Å². The summed E-state index contributed by atoms with van der Waals surface area (Å²) in [6.07, 6.45) is 2.57. The predicted molar refractivity (Wildman–Crippen MR) is 69.5 cm³/mol. The molecule has 1 aliphatic rings. The minimum atomic E-state index is -3.73. The lowest BCUT2D eigenvalue weighted by Gasteiger charge is -2.28. The second kappa shape index (κ2) is 4.97. The van der Waals surface area contributed by atoms with E-state index >= 15 is 0 Å². The average molecular weight is 268 g/mol. The molecule has 0 radical (unpaired) electrons. The number of hydrogen-bond acceptors (Lipinski definition) is 3. The molecule has 6 heteroatoms. The van der Waals surface area contributed by atoms with Crippen LogP contribution in [-0.4, -0.2) is 25.2 Å². The zero-order valence-corrected chi connectivity index (χ0v) is 11.0. The molecule has 0 bridgehead atoms. The summed E-state index contributed by atoms with van der Waals surface area (Å²) in [5.74, 6) is -0.444. The number of nitrogens with zero attached hydrogens (tertiary/aromatic N) is 1. The van der Waals surface area contributed by atoms with Crippen LogP contribution in [0.1, 0.15) is 36.5 Å². The van der Waals surface area contributed by atoms with Gasteiger partial charge in [-0.15, -0.1) is 0 Å². The van der Waals surface area contributed by atoms with Crippen LogP contribution in [0.5, 0.6) is 0 Å². The lowest BCUT2D eigenvalue weighted by Crippen LogP contribution is -2.45. The fourth-order valence-electron chi connectivity index (χ4n) is 1.92. The molecular formula is C12H16N2O3S.